The zero-order valence-electron chi connectivity index (χ0n) is 21.6. The van der Waals surface area contributed by atoms with Crippen LogP contribution in [0.2, 0.25) is 0 Å². The molecule has 0 spiro atoms. The number of oxime groups is 1. The summed E-state index contributed by atoms with van der Waals surface area (Å²) < 4.78 is 8.16. The molecule has 8 heteroatoms. The van der Waals surface area contributed by atoms with E-state index < -0.39 is 0 Å². The highest BCUT2D eigenvalue weighted by atomic mass is 16.6. The predicted molar refractivity (Wildman–Crippen MR) is 153 cm³/mol. The topological polar surface area (TPSA) is 99.9 Å². The van der Waals surface area contributed by atoms with Gasteiger partial charge in [-0.3, -0.25) is 0 Å². The second-order valence-corrected chi connectivity index (χ2v) is 9.27. The first-order chi connectivity index (χ1) is 19.0. The molecule has 0 amide bonds. The van der Waals surface area contributed by atoms with Crippen LogP contribution in [0.1, 0.15) is 27.9 Å². The van der Waals surface area contributed by atoms with Crippen LogP contribution in [-0.2, 0) is 11.4 Å². The third kappa shape index (κ3) is 5.00. The molecule has 3 heterocycles. The van der Waals surface area contributed by atoms with Crippen molar-refractivity contribution in [2.24, 2.45) is 10.1 Å². The van der Waals surface area contributed by atoms with Gasteiger partial charge in [0.25, 0.3) is 0 Å². The van der Waals surface area contributed by atoms with Gasteiger partial charge in [-0.15, -0.1) is 0 Å². The highest BCUT2D eigenvalue weighted by Gasteiger charge is 2.21. The molecule has 8 nitrogen and oxygen atoms in total. The fraction of sp³-hybridized carbons (Fsp3) is 0.0968. The molecule has 39 heavy (non-hydrogen) atoms. The molecular formula is C31H26N6O2. The summed E-state index contributed by atoms with van der Waals surface area (Å²) >= 11 is 0. The quantitative estimate of drug-likeness (QED) is 0.285. The number of nitrogens with zero attached hydrogens (tertiary/aromatic N) is 5. The Morgan fingerprint density at radius 2 is 1.77 bits per heavy atom. The number of nitrogen functional groups attached to an aromatic ring is 1. The summed E-state index contributed by atoms with van der Waals surface area (Å²) in [5.41, 5.74) is 13.3. The van der Waals surface area contributed by atoms with Crippen molar-refractivity contribution in [1.29, 1.82) is 0 Å². The molecule has 0 saturated heterocycles. The number of hydrogen-bond acceptors (Lipinski definition) is 7. The number of aromatic nitrogens is 3. The maximum Gasteiger partial charge on any atom is 0.227 e. The molecule has 0 fully saturated rings. The van der Waals surface area contributed by atoms with Crippen LogP contribution in [0, 0.1) is 13.8 Å². The minimum Gasteiger partial charge on any atom is -0.472 e. The number of fused-ring (bicyclic) bond motifs is 1. The second-order valence-electron chi connectivity index (χ2n) is 9.27. The molecule has 0 aliphatic carbocycles. The lowest BCUT2D eigenvalue weighted by Crippen LogP contribution is -2.09. The van der Waals surface area contributed by atoms with Crippen LogP contribution in [-0.4, -0.2) is 26.3 Å². The van der Waals surface area contributed by atoms with Crippen molar-refractivity contribution in [2.45, 2.75) is 20.5 Å². The Balaban J connectivity index is 1.49. The molecule has 0 saturated carbocycles. The van der Waals surface area contributed by atoms with Gasteiger partial charge in [-0.2, -0.15) is 10.1 Å². The largest absolute Gasteiger partial charge is 0.472 e. The normalized spacial score (nSPS) is 13.0. The number of amidine groups is 1. The number of nitrogens with two attached hydrogens (primary N) is 1. The van der Waals surface area contributed by atoms with E-state index in [2.05, 4.69) is 24.2 Å². The maximum atomic E-state index is 6.34. The number of anilines is 1. The summed E-state index contributed by atoms with van der Waals surface area (Å²) in [4.78, 5) is 15.3. The van der Waals surface area contributed by atoms with Gasteiger partial charge in [-0.25, -0.2) is 9.67 Å². The van der Waals surface area contributed by atoms with Crippen LogP contribution >= 0.6 is 0 Å². The lowest BCUT2D eigenvalue weighted by molar-refractivity contribution is 0.268. The van der Waals surface area contributed by atoms with Gasteiger partial charge >= 0.3 is 0 Å². The third-order valence-electron chi connectivity index (χ3n) is 6.34. The molecule has 192 valence electrons. The fourth-order valence-corrected chi connectivity index (χ4v) is 4.45. The fourth-order valence-electron chi connectivity index (χ4n) is 4.45. The summed E-state index contributed by atoms with van der Waals surface area (Å²) in [6.07, 6.45) is 3.25. The summed E-state index contributed by atoms with van der Waals surface area (Å²) in [6.45, 7) is 4.33. The van der Waals surface area contributed by atoms with E-state index in [0.717, 1.165) is 33.5 Å². The van der Waals surface area contributed by atoms with Crippen molar-refractivity contribution in [3.8, 4) is 11.6 Å². The molecule has 1 aliphatic heterocycles. The molecule has 2 aromatic heterocycles. The van der Waals surface area contributed by atoms with E-state index in [1.165, 1.54) is 6.26 Å². The molecule has 0 unspecified atom stereocenters. The summed E-state index contributed by atoms with van der Waals surface area (Å²) in [6, 6.07) is 27.5. The SMILES string of the molecule is Cc1cccc(COc2nc3c(cc2C2=NOC=CC(c4cccc(N)c4)=N2)c(C)nn3-c2ccccc2)c1. The Hall–Kier alpha value is -5.24. The van der Waals surface area contributed by atoms with E-state index in [-0.39, 0.29) is 0 Å². The summed E-state index contributed by atoms with van der Waals surface area (Å²) in [5.74, 6) is 0.707. The van der Waals surface area contributed by atoms with Crippen LogP contribution in [0.25, 0.3) is 16.7 Å². The molecular weight excluding hydrogens is 488 g/mol. The number of ether oxygens (including phenoxy) is 1. The van der Waals surface area contributed by atoms with E-state index in [1.54, 1.807) is 6.08 Å². The average molecular weight is 515 g/mol. The van der Waals surface area contributed by atoms with Crippen LogP contribution in [0.4, 0.5) is 5.69 Å². The number of hydrogen-bond donors (Lipinski definition) is 1. The average Bonchev–Trinajstić information content (AvgIpc) is 3.10. The summed E-state index contributed by atoms with van der Waals surface area (Å²) in [7, 11) is 0. The van der Waals surface area contributed by atoms with Crippen molar-refractivity contribution in [3.63, 3.8) is 0 Å². The number of pyridine rings is 1. The molecule has 0 radical (unpaired) electrons. The zero-order chi connectivity index (χ0) is 26.8. The van der Waals surface area contributed by atoms with Crippen LogP contribution in [0.3, 0.4) is 0 Å². The number of allylic oxidation sites excluding steroid dienone is 1. The van der Waals surface area contributed by atoms with Gasteiger partial charge in [0.05, 0.1) is 22.7 Å². The van der Waals surface area contributed by atoms with Gasteiger partial charge < -0.3 is 15.3 Å². The number of rotatable bonds is 6. The van der Waals surface area contributed by atoms with Crippen molar-refractivity contribution < 1.29 is 9.57 Å². The van der Waals surface area contributed by atoms with E-state index >= 15 is 0 Å². The van der Waals surface area contributed by atoms with E-state index in [4.69, 9.17) is 30.4 Å². The van der Waals surface area contributed by atoms with Gasteiger partial charge in [-0.05, 0) is 49.7 Å². The standard InChI is InChI=1S/C31H26N6O2/c1-20-8-6-9-22(16-20)19-38-31-27(29-33-28(14-15-39-36-29)23-10-7-11-24(32)17-23)18-26-21(2)35-37(30(26)34-31)25-12-4-3-5-13-25/h3-18H,19,32H2,1-2H3. The third-order valence-corrected chi connectivity index (χ3v) is 6.34. The molecule has 2 N–H and O–H groups in total. The first-order valence-electron chi connectivity index (χ1n) is 12.5. The highest BCUT2D eigenvalue weighted by Crippen LogP contribution is 2.29. The van der Waals surface area contributed by atoms with Crippen LogP contribution in [0.15, 0.2) is 107 Å². The van der Waals surface area contributed by atoms with Gasteiger partial charge in [0.1, 0.15) is 12.9 Å². The maximum absolute atomic E-state index is 6.34. The highest BCUT2D eigenvalue weighted by molar-refractivity contribution is 6.18. The Bertz CT molecular complexity index is 1770. The molecule has 6 rings (SSSR count). The minimum absolute atomic E-state index is 0.323. The second kappa shape index (κ2) is 10.3. The summed E-state index contributed by atoms with van der Waals surface area (Å²) in [5, 5.41) is 9.92. The van der Waals surface area contributed by atoms with Crippen LogP contribution in [0.5, 0.6) is 5.88 Å². The van der Waals surface area contributed by atoms with Crippen molar-refractivity contribution >= 4 is 28.3 Å². The van der Waals surface area contributed by atoms with E-state index in [1.807, 2.05) is 84.4 Å². The smallest absolute Gasteiger partial charge is 0.227 e. The molecule has 3 aromatic carbocycles. The van der Waals surface area contributed by atoms with E-state index in [0.29, 0.717) is 40.9 Å². The molecule has 1 aliphatic rings. The van der Waals surface area contributed by atoms with E-state index in [9.17, 15) is 0 Å². The monoisotopic (exact) mass is 514 g/mol. The van der Waals surface area contributed by atoms with Crippen molar-refractivity contribution in [2.75, 3.05) is 5.73 Å². The first-order valence-corrected chi connectivity index (χ1v) is 12.5. The number of aliphatic imine (C=N–C) groups is 1. The molecule has 0 bridgehead atoms. The lowest BCUT2D eigenvalue weighted by atomic mass is 10.1. The van der Waals surface area contributed by atoms with Crippen molar-refractivity contribution in [1.82, 2.24) is 14.8 Å². The predicted octanol–water partition coefficient (Wildman–Crippen LogP) is 5.89. The number of aryl methyl sites for hydroxylation is 2. The molecule has 5 aromatic rings. The Morgan fingerprint density at radius 1 is 0.923 bits per heavy atom. The van der Waals surface area contributed by atoms with Crippen molar-refractivity contribution in [3.05, 3.63) is 125 Å². The van der Waals surface area contributed by atoms with Gasteiger partial charge in [-0.1, -0.05) is 65.3 Å². The zero-order valence-corrected chi connectivity index (χ0v) is 21.6. The minimum atomic E-state index is 0.323. The van der Waals surface area contributed by atoms with Crippen LogP contribution < -0.4 is 10.5 Å². The Morgan fingerprint density at radius 3 is 2.59 bits per heavy atom. The first kappa shape index (κ1) is 24.1. The van der Waals surface area contributed by atoms with Gasteiger partial charge in [0.15, 0.2) is 5.65 Å². The number of para-hydroxylation sites is 1. The Labute approximate surface area is 225 Å². The molecule has 0 atom stereocenters. The number of benzene rings is 3. The van der Waals surface area contributed by atoms with Gasteiger partial charge in [0.2, 0.25) is 11.7 Å². The van der Waals surface area contributed by atoms with Gasteiger partial charge in [0, 0.05) is 22.7 Å². The Kier molecular flexibility index (Phi) is 6.34. The lowest BCUT2D eigenvalue weighted by Gasteiger charge is -2.12.